The van der Waals surface area contributed by atoms with Gasteiger partial charge in [-0.05, 0) is 25.5 Å². The maximum absolute atomic E-state index is 11.3. The Morgan fingerprint density at radius 3 is 2.75 bits per heavy atom. The number of rotatable bonds is 6. The highest BCUT2D eigenvalue weighted by atomic mass is 16.5. The number of carbonyl (C=O) groups is 1. The molecule has 0 spiro atoms. The van der Waals surface area contributed by atoms with Crippen molar-refractivity contribution in [1.82, 2.24) is 9.78 Å². The minimum atomic E-state index is -2.60. The van der Waals surface area contributed by atoms with E-state index in [1.807, 2.05) is 0 Å². The fourth-order valence-electron chi connectivity index (χ4n) is 2.04. The van der Waals surface area contributed by atoms with Crippen molar-refractivity contribution in [2.24, 2.45) is 0 Å². The van der Waals surface area contributed by atoms with E-state index in [0.29, 0.717) is 10.9 Å². The summed E-state index contributed by atoms with van der Waals surface area (Å²) >= 11 is 0. The van der Waals surface area contributed by atoms with Gasteiger partial charge in [0.25, 0.3) is 0 Å². The molecule has 0 aliphatic heterocycles. The standard InChI is InChI=1S/C19H20N2O3/c1-19(2,18(22)23)24-13-16-15-10-6-7-11-17(15)21(20-16)12-14-8-4-3-5-9-14/h3-11H,12-13H2,1-2H3,(H,22,23)/i3D,4D,5D,8D,9D,12D2. The highest BCUT2D eigenvalue weighted by Crippen LogP contribution is 2.22. The van der Waals surface area contributed by atoms with Crippen molar-refractivity contribution in [3.63, 3.8) is 0 Å². The molecule has 0 unspecified atom stereocenters. The Bertz CT molecular complexity index is 1160. The van der Waals surface area contributed by atoms with E-state index in [0.717, 1.165) is 4.68 Å². The summed E-state index contributed by atoms with van der Waals surface area (Å²) in [6.07, 6.45) is 0. The molecule has 0 radical (unpaired) electrons. The SMILES string of the molecule is [2H]c1c([2H])c([2H])c(C([2H])([2H])n2nc(COC(C)(C)C(=O)O)c3ccccc32)c([2H])c1[2H]. The smallest absolute Gasteiger partial charge is 0.335 e. The van der Waals surface area contributed by atoms with E-state index in [2.05, 4.69) is 5.10 Å². The average Bonchev–Trinajstić information content (AvgIpc) is 3.09. The van der Waals surface area contributed by atoms with E-state index < -0.39 is 53.8 Å². The Morgan fingerprint density at radius 2 is 2.04 bits per heavy atom. The van der Waals surface area contributed by atoms with Crippen LogP contribution >= 0.6 is 0 Å². The summed E-state index contributed by atoms with van der Waals surface area (Å²) in [6.45, 7) is -0.0853. The van der Waals surface area contributed by atoms with E-state index in [1.54, 1.807) is 24.3 Å². The molecule has 124 valence electrons. The maximum atomic E-state index is 11.3. The van der Waals surface area contributed by atoms with Crippen LogP contribution in [0, 0.1) is 0 Å². The Kier molecular flexibility index (Phi) is 2.58. The molecule has 1 heterocycles. The number of nitrogens with zero attached hydrogens (tertiary/aromatic N) is 2. The molecule has 0 aliphatic carbocycles. The van der Waals surface area contributed by atoms with Crippen molar-refractivity contribution in [3.8, 4) is 0 Å². The lowest BCUT2D eigenvalue weighted by Crippen LogP contribution is -2.34. The summed E-state index contributed by atoms with van der Waals surface area (Å²) < 4.78 is 63.3. The molecule has 1 N–H and O–H groups in total. The largest absolute Gasteiger partial charge is 0.479 e. The minimum absolute atomic E-state index is 0.233. The third-order valence-electron chi connectivity index (χ3n) is 3.47. The van der Waals surface area contributed by atoms with E-state index in [9.17, 15) is 9.90 Å². The summed E-state index contributed by atoms with van der Waals surface area (Å²) in [5, 5.41) is 14.0. The van der Waals surface area contributed by atoms with Gasteiger partial charge < -0.3 is 9.84 Å². The molecule has 5 nitrogen and oxygen atoms in total. The fourth-order valence-corrected chi connectivity index (χ4v) is 2.04. The van der Waals surface area contributed by atoms with Gasteiger partial charge >= 0.3 is 5.97 Å². The van der Waals surface area contributed by atoms with Gasteiger partial charge in [-0.3, -0.25) is 4.68 Å². The number of aliphatic carboxylic acids is 1. The summed E-state index contributed by atoms with van der Waals surface area (Å²) in [5.74, 6) is -1.18. The van der Waals surface area contributed by atoms with Crippen molar-refractivity contribution in [2.75, 3.05) is 0 Å². The Balaban J connectivity index is 2.19. The van der Waals surface area contributed by atoms with Crippen LogP contribution in [-0.4, -0.2) is 26.5 Å². The Labute approximate surface area is 150 Å². The highest BCUT2D eigenvalue weighted by molar-refractivity contribution is 5.82. The second kappa shape index (κ2) is 6.45. The van der Waals surface area contributed by atoms with Gasteiger partial charge in [0, 0.05) is 5.39 Å². The maximum Gasteiger partial charge on any atom is 0.335 e. The van der Waals surface area contributed by atoms with Gasteiger partial charge in [0.05, 0.1) is 33.9 Å². The van der Waals surface area contributed by atoms with Crippen LogP contribution in [0.3, 0.4) is 0 Å². The summed E-state index contributed by atoms with van der Waals surface area (Å²) in [5.41, 5.74) is -1.51. The number of ether oxygens (including phenoxy) is 1. The number of carboxylic acid groups (broad SMARTS) is 1. The van der Waals surface area contributed by atoms with Crippen LogP contribution in [0.2, 0.25) is 0 Å². The molecular weight excluding hydrogens is 304 g/mol. The number of hydrogen-bond donors (Lipinski definition) is 1. The van der Waals surface area contributed by atoms with Gasteiger partial charge in [0.15, 0.2) is 5.60 Å². The molecule has 2 aromatic carbocycles. The predicted octanol–water partition coefficient (Wildman–Crippen LogP) is 3.46. The lowest BCUT2D eigenvalue weighted by molar-refractivity contribution is -0.162. The van der Waals surface area contributed by atoms with Crippen LogP contribution in [0.1, 0.15) is 34.7 Å². The first-order valence-electron chi connectivity index (χ1n) is 10.7. The number of benzene rings is 2. The first-order valence-corrected chi connectivity index (χ1v) is 7.22. The number of carboxylic acids is 1. The van der Waals surface area contributed by atoms with Gasteiger partial charge in [0.1, 0.15) is 0 Å². The molecule has 3 aromatic rings. The predicted molar refractivity (Wildman–Crippen MR) is 91.8 cm³/mol. The lowest BCUT2D eigenvalue weighted by atomic mass is 10.1. The number of aromatic nitrogens is 2. The monoisotopic (exact) mass is 331 g/mol. The van der Waals surface area contributed by atoms with Crippen LogP contribution in [-0.2, 0) is 22.6 Å². The van der Waals surface area contributed by atoms with Crippen LogP contribution in [0.15, 0.2) is 54.5 Å². The van der Waals surface area contributed by atoms with E-state index >= 15 is 0 Å². The van der Waals surface area contributed by atoms with Gasteiger partial charge in [0.2, 0.25) is 0 Å². The third-order valence-corrected chi connectivity index (χ3v) is 3.47. The first kappa shape index (κ1) is 9.59. The van der Waals surface area contributed by atoms with E-state index in [1.165, 1.54) is 13.8 Å². The van der Waals surface area contributed by atoms with Crippen LogP contribution in [0.4, 0.5) is 0 Å². The molecule has 0 amide bonds. The quantitative estimate of drug-likeness (QED) is 0.751. The van der Waals surface area contributed by atoms with Gasteiger partial charge in [-0.1, -0.05) is 48.4 Å². The molecule has 1 aromatic heterocycles. The highest BCUT2D eigenvalue weighted by Gasteiger charge is 2.28. The summed E-state index contributed by atoms with van der Waals surface area (Å²) in [6, 6.07) is 3.31. The van der Waals surface area contributed by atoms with Crippen LogP contribution < -0.4 is 0 Å². The molecule has 24 heavy (non-hydrogen) atoms. The van der Waals surface area contributed by atoms with E-state index in [4.69, 9.17) is 14.3 Å². The van der Waals surface area contributed by atoms with Gasteiger partial charge in [-0.2, -0.15) is 5.10 Å². The zero-order valence-corrected chi connectivity index (χ0v) is 13.2. The van der Waals surface area contributed by atoms with Crippen molar-refractivity contribution >= 4 is 16.9 Å². The normalized spacial score (nSPS) is 16.5. The van der Waals surface area contributed by atoms with Crippen LogP contribution in [0.25, 0.3) is 10.9 Å². The molecule has 3 rings (SSSR count). The van der Waals surface area contributed by atoms with Crippen molar-refractivity contribution in [2.45, 2.75) is 32.6 Å². The summed E-state index contributed by atoms with van der Waals surface area (Å²) in [7, 11) is 0. The summed E-state index contributed by atoms with van der Waals surface area (Å²) in [4.78, 5) is 11.3. The molecule has 0 atom stereocenters. The number of para-hydroxylation sites is 1. The van der Waals surface area contributed by atoms with E-state index in [-0.39, 0.29) is 12.3 Å². The van der Waals surface area contributed by atoms with Crippen molar-refractivity contribution in [3.05, 3.63) is 65.7 Å². The zero-order chi connectivity index (χ0) is 23.3. The van der Waals surface area contributed by atoms with Crippen LogP contribution in [0.5, 0.6) is 0 Å². The van der Waals surface area contributed by atoms with Gasteiger partial charge in [-0.15, -0.1) is 0 Å². The van der Waals surface area contributed by atoms with Gasteiger partial charge in [-0.25, -0.2) is 4.79 Å². The Morgan fingerprint density at radius 1 is 1.33 bits per heavy atom. The fraction of sp³-hybridized carbons (Fsp3) is 0.263. The molecule has 0 saturated heterocycles. The number of fused-ring (bicyclic) bond motifs is 1. The molecule has 0 fully saturated rings. The minimum Gasteiger partial charge on any atom is -0.479 e. The number of hydrogen-bond acceptors (Lipinski definition) is 3. The molecule has 0 saturated carbocycles. The molecule has 5 heteroatoms. The third kappa shape index (κ3) is 3.31. The average molecular weight is 331 g/mol. The second-order valence-corrected chi connectivity index (χ2v) is 5.59. The molecule has 0 aliphatic rings. The van der Waals surface area contributed by atoms with Crippen molar-refractivity contribution in [1.29, 1.82) is 0 Å². The Hall–Kier alpha value is -2.66. The zero-order valence-electron chi connectivity index (χ0n) is 20.2. The second-order valence-electron chi connectivity index (χ2n) is 5.59. The van der Waals surface area contributed by atoms with Crippen molar-refractivity contribution < 1.29 is 24.2 Å². The first-order chi connectivity index (χ1) is 14.3. The topological polar surface area (TPSA) is 64.4 Å². The lowest BCUT2D eigenvalue weighted by Gasteiger charge is -2.19. The molecular formula is C19H20N2O3. The molecule has 0 bridgehead atoms.